The van der Waals surface area contributed by atoms with Crippen molar-refractivity contribution in [3.05, 3.63) is 79.9 Å². The fourth-order valence-electron chi connectivity index (χ4n) is 4.90. The largest absolute Gasteiger partial charge is 0.336 e. The minimum absolute atomic E-state index is 0.124. The number of pyridine rings is 1. The van der Waals surface area contributed by atoms with E-state index >= 15 is 0 Å². The molecular weight excluding hydrogens is 450 g/mol. The summed E-state index contributed by atoms with van der Waals surface area (Å²) in [5.41, 5.74) is 2.94. The highest BCUT2D eigenvalue weighted by atomic mass is 32.2. The van der Waals surface area contributed by atoms with E-state index in [1.54, 1.807) is 17.4 Å². The molecule has 2 aliphatic heterocycles. The second kappa shape index (κ2) is 9.12. The van der Waals surface area contributed by atoms with Gasteiger partial charge in [-0.2, -0.15) is 0 Å². The van der Waals surface area contributed by atoms with Crippen LogP contribution in [0.1, 0.15) is 45.7 Å². The number of aromatic nitrogens is 1. The zero-order valence-electron chi connectivity index (χ0n) is 19.3. The topological polar surface area (TPSA) is 45.6 Å². The van der Waals surface area contributed by atoms with E-state index in [0.29, 0.717) is 31.1 Å². The number of para-hydroxylation sites is 1. The van der Waals surface area contributed by atoms with Crippen molar-refractivity contribution in [1.82, 2.24) is 14.4 Å². The molecule has 1 aromatic carbocycles. The fourth-order valence-corrected chi connectivity index (χ4v) is 7.09. The number of thiophene rings is 1. The molecule has 5 rings (SSSR count). The zero-order chi connectivity index (χ0) is 23.1. The minimum atomic E-state index is -0.163. The van der Waals surface area contributed by atoms with Crippen LogP contribution < -0.4 is 5.43 Å². The van der Waals surface area contributed by atoms with Crippen molar-refractivity contribution in [2.45, 2.75) is 43.4 Å². The molecule has 0 unspecified atom stereocenters. The van der Waals surface area contributed by atoms with Gasteiger partial charge in [-0.1, -0.05) is 18.2 Å². The van der Waals surface area contributed by atoms with Gasteiger partial charge in [0, 0.05) is 71.1 Å². The summed E-state index contributed by atoms with van der Waals surface area (Å²) in [7, 11) is 0. The number of thioether (sulfide) groups is 1. The van der Waals surface area contributed by atoms with Gasteiger partial charge in [0.1, 0.15) is 5.56 Å². The zero-order valence-corrected chi connectivity index (χ0v) is 20.9. The van der Waals surface area contributed by atoms with Gasteiger partial charge in [0.15, 0.2) is 5.43 Å². The number of nitrogens with zero attached hydrogens (tertiary/aromatic N) is 3. The van der Waals surface area contributed by atoms with E-state index in [-0.39, 0.29) is 16.6 Å². The number of piperazine rings is 1. The van der Waals surface area contributed by atoms with E-state index in [4.69, 9.17) is 0 Å². The van der Waals surface area contributed by atoms with Crippen LogP contribution in [0.3, 0.4) is 0 Å². The normalized spacial score (nSPS) is 18.7. The quantitative estimate of drug-likeness (QED) is 0.543. The lowest BCUT2D eigenvalue weighted by Crippen LogP contribution is -2.51. The molecule has 0 spiro atoms. The van der Waals surface area contributed by atoms with Crippen molar-refractivity contribution in [3.63, 3.8) is 0 Å². The molecule has 3 aromatic rings. The van der Waals surface area contributed by atoms with E-state index in [2.05, 4.69) is 59.0 Å². The Hall–Kier alpha value is -2.35. The van der Waals surface area contributed by atoms with E-state index in [1.165, 1.54) is 9.77 Å². The molecule has 5 nitrogen and oxygen atoms in total. The van der Waals surface area contributed by atoms with Gasteiger partial charge in [0.05, 0.1) is 5.69 Å². The Balaban J connectivity index is 1.62. The average molecular weight is 480 g/mol. The van der Waals surface area contributed by atoms with Crippen molar-refractivity contribution in [3.8, 4) is 5.69 Å². The smallest absolute Gasteiger partial charge is 0.259 e. The number of carbonyl (C=O) groups excluding carboxylic acids is 1. The molecule has 0 aliphatic carbocycles. The lowest BCUT2D eigenvalue weighted by Gasteiger charge is -2.37. The van der Waals surface area contributed by atoms with Gasteiger partial charge in [-0.25, -0.2) is 0 Å². The van der Waals surface area contributed by atoms with Gasteiger partial charge in [0.25, 0.3) is 5.91 Å². The van der Waals surface area contributed by atoms with Crippen LogP contribution >= 0.6 is 23.1 Å². The number of aryl methyl sites for hydroxylation is 1. The number of benzene rings is 1. The number of carbonyl (C=O) groups is 1. The van der Waals surface area contributed by atoms with Crippen LogP contribution in [0, 0.1) is 6.92 Å². The van der Waals surface area contributed by atoms with Gasteiger partial charge in [0.2, 0.25) is 0 Å². The summed E-state index contributed by atoms with van der Waals surface area (Å²) in [6, 6.07) is 14.6. The maximum absolute atomic E-state index is 13.8. The highest BCUT2D eigenvalue weighted by molar-refractivity contribution is 7.99. The van der Waals surface area contributed by atoms with Crippen LogP contribution in [0.25, 0.3) is 5.69 Å². The first kappa shape index (κ1) is 22.4. The summed E-state index contributed by atoms with van der Waals surface area (Å²) >= 11 is 3.55. The van der Waals surface area contributed by atoms with Crippen LogP contribution in [-0.2, 0) is 6.42 Å². The van der Waals surface area contributed by atoms with Gasteiger partial charge < -0.3 is 9.47 Å². The number of hydrogen-bond acceptors (Lipinski definition) is 5. The summed E-state index contributed by atoms with van der Waals surface area (Å²) in [6.07, 6.45) is 0.643. The standard InChI is InChI=1S/C26H29N3O2S2/c1-17(2)27-10-12-28(13-11-27)26(31)25-20-16-24(23-9-6-14-32-23)33-22-8-5-4-7-19(22)29(20)18(3)15-21(25)30/h4-9,14-15,17,24H,10-13,16H2,1-3H3/t24-/m0/s1. The molecule has 0 saturated carbocycles. The Labute approximate surface area is 203 Å². The summed E-state index contributed by atoms with van der Waals surface area (Å²) < 4.78 is 2.15. The third kappa shape index (κ3) is 4.18. The first-order valence-electron chi connectivity index (χ1n) is 11.5. The highest BCUT2D eigenvalue weighted by Gasteiger charge is 2.32. The van der Waals surface area contributed by atoms with Gasteiger partial charge >= 0.3 is 0 Å². The molecule has 1 amide bonds. The Morgan fingerprint density at radius 2 is 1.82 bits per heavy atom. The molecule has 33 heavy (non-hydrogen) atoms. The van der Waals surface area contributed by atoms with Gasteiger partial charge in [-0.15, -0.1) is 23.1 Å². The van der Waals surface area contributed by atoms with Crippen molar-refractivity contribution >= 4 is 29.0 Å². The molecule has 7 heteroatoms. The molecule has 2 aliphatic rings. The third-order valence-corrected chi connectivity index (χ3v) is 9.10. The lowest BCUT2D eigenvalue weighted by atomic mass is 10.0. The summed E-state index contributed by atoms with van der Waals surface area (Å²) in [5, 5.41) is 2.25. The second-order valence-corrected chi connectivity index (χ2v) is 11.2. The van der Waals surface area contributed by atoms with Crippen molar-refractivity contribution in [2.24, 2.45) is 0 Å². The SMILES string of the molecule is Cc1cc(=O)c(C(=O)N2CCN(C(C)C)CC2)c2n1-c1ccccc1S[C@H](c1cccs1)C2. The van der Waals surface area contributed by atoms with E-state index in [0.717, 1.165) is 30.2 Å². The van der Waals surface area contributed by atoms with Gasteiger partial charge in [-0.3, -0.25) is 14.5 Å². The van der Waals surface area contributed by atoms with Crippen molar-refractivity contribution in [1.29, 1.82) is 0 Å². The molecule has 1 fully saturated rings. The monoisotopic (exact) mass is 479 g/mol. The molecule has 0 N–H and O–H groups in total. The molecular formula is C26H29N3O2S2. The van der Waals surface area contributed by atoms with E-state index < -0.39 is 0 Å². The van der Waals surface area contributed by atoms with Crippen LogP contribution in [0.2, 0.25) is 0 Å². The Bertz CT molecular complexity index is 1220. The first-order valence-corrected chi connectivity index (χ1v) is 13.3. The minimum Gasteiger partial charge on any atom is -0.336 e. The lowest BCUT2D eigenvalue weighted by molar-refractivity contribution is 0.0592. The van der Waals surface area contributed by atoms with Crippen LogP contribution in [0.5, 0.6) is 0 Å². The first-order chi connectivity index (χ1) is 15.9. The molecule has 0 bridgehead atoms. The predicted octanol–water partition coefficient (Wildman–Crippen LogP) is 4.76. The Morgan fingerprint density at radius 3 is 2.52 bits per heavy atom. The number of fused-ring (bicyclic) bond motifs is 3. The average Bonchev–Trinajstić information content (AvgIpc) is 3.28. The molecule has 0 radical (unpaired) electrons. The fraction of sp³-hybridized carbons (Fsp3) is 0.385. The highest BCUT2D eigenvalue weighted by Crippen LogP contribution is 2.45. The van der Waals surface area contributed by atoms with E-state index in [1.807, 2.05) is 29.7 Å². The van der Waals surface area contributed by atoms with E-state index in [9.17, 15) is 9.59 Å². The van der Waals surface area contributed by atoms with Crippen LogP contribution in [0.15, 0.2) is 57.5 Å². The Morgan fingerprint density at radius 1 is 1.06 bits per heavy atom. The predicted molar refractivity (Wildman–Crippen MR) is 136 cm³/mol. The molecule has 172 valence electrons. The molecule has 4 heterocycles. The molecule has 1 atom stereocenters. The van der Waals surface area contributed by atoms with Crippen molar-refractivity contribution < 1.29 is 4.79 Å². The summed E-state index contributed by atoms with van der Waals surface area (Å²) in [4.78, 5) is 33.8. The Kier molecular flexibility index (Phi) is 6.20. The van der Waals surface area contributed by atoms with Crippen molar-refractivity contribution in [2.75, 3.05) is 26.2 Å². The maximum atomic E-state index is 13.8. The van der Waals surface area contributed by atoms with Crippen LogP contribution in [-0.4, -0.2) is 52.5 Å². The second-order valence-electron chi connectivity index (χ2n) is 9.02. The van der Waals surface area contributed by atoms with Gasteiger partial charge in [-0.05, 0) is 44.4 Å². The molecule has 1 saturated heterocycles. The summed E-state index contributed by atoms with van der Waals surface area (Å²) in [5.74, 6) is -0.124. The molecule has 2 aromatic heterocycles. The van der Waals surface area contributed by atoms with Crippen LogP contribution in [0.4, 0.5) is 0 Å². The number of hydrogen-bond donors (Lipinski definition) is 0. The maximum Gasteiger partial charge on any atom is 0.259 e. The summed E-state index contributed by atoms with van der Waals surface area (Å²) in [6.45, 7) is 9.33. The number of rotatable bonds is 3. The third-order valence-electron chi connectivity index (χ3n) is 6.66. The number of amides is 1.